The molecule has 2 rings (SSSR count). The molecule has 0 aromatic heterocycles. The zero-order valence-corrected chi connectivity index (χ0v) is 13.9. The highest BCUT2D eigenvalue weighted by Gasteiger charge is 1.99. The molecule has 0 saturated carbocycles. The summed E-state index contributed by atoms with van der Waals surface area (Å²) in [6, 6.07) is 15.6. The first-order valence-electron chi connectivity index (χ1n) is 7.68. The molecule has 0 radical (unpaired) electrons. The summed E-state index contributed by atoms with van der Waals surface area (Å²) in [6.07, 6.45) is 5.02. The number of benzene rings is 2. The molecule has 23 heavy (non-hydrogen) atoms. The molecule has 0 saturated heterocycles. The number of allylic oxidation sites excluding steroid dienone is 2. The molecule has 0 heterocycles. The fourth-order valence-electron chi connectivity index (χ4n) is 2.12. The minimum Gasteiger partial charge on any atom is -0.490 e. The van der Waals surface area contributed by atoms with Crippen molar-refractivity contribution in [2.75, 3.05) is 6.61 Å². The van der Waals surface area contributed by atoms with E-state index in [1.54, 1.807) is 0 Å². The van der Waals surface area contributed by atoms with Crippen LogP contribution in [0.1, 0.15) is 42.3 Å². The smallest absolute Gasteiger partial charge is 0.150 e. The van der Waals surface area contributed by atoms with Crippen molar-refractivity contribution in [2.45, 2.75) is 20.8 Å². The van der Waals surface area contributed by atoms with Gasteiger partial charge in [0.25, 0.3) is 0 Å². The molecule has 0 aliphatic heterocycles. The molecular formula is C21H22O2. The lowest BCUT2D eigenvalue weighted by molar-refractivity contribution is 0.112. The quantitative estimate of drug-likeness (QED) is 0.405. The van der Waals surface area contributed by atoms with Gasteiger partial charge in [0.15, 0.2) is 0 Å². The fraction of sp³-hybridized carbons (Fsp3) is 0.190. The number of carbonyl (C=O) groups is 1. The lowest BCUT2D eigenvalue weighted by Crippen LogP contribution is -1.94. The topological polar surface area (TPSA) is 26.3 Å². The van der Waals surface area contributed by atoms with Gasteiger partial charge in [-0.1, -0.05) is 48.0 Å². The van der Waals surface area contributed by atoms with Crippen molar-refractivity contribution in [2.24, 2.45) is 0 Å². The van der Waals surface area contributed by atoms with E-state index in [0.717, 1.165) is 23.2 Å². The number of ether oxygens (including phenoxy) is 1. The summed E-state index contributed by atoms with van der Waals surface area (Å²) in [5.41, 5.74) is 5.34. The van der Waals surface area contributed by atoms with E-state index in [1.807, 2.05) is 36.4 Å². The average Bonchev–Trinajstić information content (AvgIpc) is 2.56. The van der Waals surface area contributed by atoms with E-state index in [9.17, 15) is 4.79 Å². The fourth-order valence-corrected chi connectivity index (χ4v) is 2.12. The molecule has 0 atom stereocenters. The van der Waals surface area contributed by atoms with Crippen LogP contribution in [0.25, 0.3) is 11.6 Å². The first-order valence-corrected chi connectivity index (χ1v) is 7.68. The van der Waals surface area contributed by atoms with Crippen LogP contribution in [-0.2, 0) is 0 Å². The zero-order chi connectivity index (χ0) is 16.7. The van der Waals surface area contributed by atoms with Gasteiger partial charge in [0.1, 0.15) is 18.6 Å². The maximum atomic E-state index is 10.7. The van der Waals surface area contributed by atoms with Gasteiger partial charge in [-0.25, -0.2) is 0 Å². The number of aldehydes is 1. The van der Waals surface area contributed by atoms with Crippen LogP contribution in [0.3, 0.4) is 0 Å². The molecule has 0 spiro atoms. The normalized spacial score (nSPS) is 11.0. The number of carbonyl (C=O) groups excluding carboxylic acids is 1. The highest BCUT2D eigenvalue weighted by molar-refractivity contribution is 5.81. The van der Waals surface area contributed by atoms with Gasteiger partial charge >= 0.3 is 0 Å². The van der Waals surface area contributed by atoms with Crippen LogP contribution in [0.5, 0.6) is 5.75 Å². The molecule has 118 valence electrons. The maximum Gasteiger partial charge on any atom is 0.150 e. The molecule has 2 aromatic rings. The van der Waals surface area contributed by atoms with Gasteiger partial charge in [0.2, 0.25) is 0 Å². The van der Waals surface area contributed by atoms with E-state index in [2.05, 4.69) is 45.1 Å². The van der Waals surface area contributed by atoms with Crippen LogP contribution in [0, 0.1) is 0 Å². The monoisotopic (exact) mass is 306 g/mol. The van der Waals surface area contributed by atoms with E-state index in [4.69, 9.17) is 4.74 Å². The van der Waals surface area contributed by atoms with Crippen molar-refractivity contribution in [3.63, 3.8) is 0 Å². The highest BCUT2D eigenvalue weighted by Crippen LogP contribution is 2.21. The largest absolute Gasteiger partial charge is 0.490 e. The summed E-state index contributed by atoms with van der Waals surface area (Å²) in [5.74, 6) is 0.870. The van der Waals surface area contributed by atoms with Crippen molar-refractivity contribution in [1.82, 2.24) is 0 Å². The van der Waals surface area contributed by atoms with E-state index in [0.29, 0.717) is 12.2 Å². The van der Waals surface area contributed by atoms with Gasteiger partial charge < -0.3 is 4.74 Å². The maximum absolute atomic E-state index is 10.7. The molecule has 0 N–H and O–H groups in total. The predicted octanol–water partition coefficient (Wildman–Crippen LogP) is 5.40. The summed E-state index contributed by atoms with van der Waals surface area (Å²) in [5, 5.41) is 0. The van der Waals surface area contributed by atoms with E-state index >= 15 is 0 Å². The third-order valence-electron chi connectivity index (χ3n) is 3.51. The molecule has 2 heteroatoms. The summed E-state index contributed by atoms with van der Waals surface area (Å²) < 4.78 is 5.67. The Kier molecular flexibility index (Phi) is 5.93. The Bertz CT molecular complexity index is 701. The van der Waals surface area contributed by atoms with Crippen LogP contribution >= 0.6 is 0 Å². The van der Waals surface area contributed by atoms with Crippen molar-refractivity contribution < 1.29 is 9.53 Å². The lowest BCUT2D eigenvalue weighted by Gasteiger charge is -2.06. The first kappa shape index (κ1) is 16.8. The standard InChI is InChI=1S/C21H22O2/c1-16(2)12-13-23-21-10-8-20(9-11-21)17(3)14-18-4-6-19(15-22)7-5-18/h4-12,14-15H,13H2,1-3H3. The summed E-state index contributed by atoms with van der Waals surface area (Å²) >= 11 is 0. The molecule has 0 amide bonds. The molecule has 0 unspecified atom stereocenters. The average molecular weight is 306 g/mol. The van der Waals surface area contributed by atoms with E-state index in [-0.39, 0.29) is 0 Å². The molecule has 0 aliphatic rings. The van der Waals surface area contributed by atoms with Gasteiger partial charge in [-0.2, -0.15) is 0 Å². The van der Waals surface area contributed by atoms with Gasteiger partial charge in [0, 0.05) is 5.56 Å². The van der Waals surface area contributed by atoms with Crippen LogP contribution in [0.2, 0.25) is 0 Å². The van der Waals surface area contributed by atoms with Gasteiger partial charge in [-0.15, -0.1) is 0 Å². The summed E-state index contributed by atoms with van der Waals surface area (Å²) in [6.45, 7) is 6.79. The van der Waals surface area contributed by atoms with Gasteiger partial charge in [0.05, 0.1) is 0 Å². The van der Waals surface area contributed by atoms with Crippen molar-refractivity contribution in [3.05, 3.63) is 76.9 Å². The third kappa shape index (κ3) is 5.26. The highest BCUT2D eigenvalue weighted by atomic mass is 16.5. The first-order chi connectivity index (χ1) is 11.1. The van der Waals surface area contributed by atoms with Crippen LogP contribution in [-0.4, -0.2) is 12.9 Å². The second-order valence-corrected chi connectivity index (χ2v) is 5.73. The van der Waals surface area contributed by atoms with E-state index < -0.39 is 0 Å². The van der Waals surface area contributed by atoms with Crippen LogP contribution in [0.15, 0.2) is 60.2 Å². The SMILES string of the molecule is CC(C)=CCOc1ccc(C(C)=Cc2ccc(C=O)cc2)cc1. The molecule has 0 aliphatic carbocycles. The number of hydrogen-bond acceptors (Lipinski definition) is 2. The molecule has 0 bridgehead atoms. The van der Waals surface area contributed by atoms with E-state index in [1.165, 1.54) is 11.1 Å². The zero-order valence-electron chi connectivity index (χ0n) is 13.9. The Balaban J connectivity index is 2.06. The van der Waals surface area contributed by atoms with Crippen LogP contribution in [0.4, 0.5) is 0 Å². The third-order valence-corrected chi connectivity index (χ3v) is 3.51. The second kappa shape index (κ2) is 8.14. The number of hydrogen-bond donors (Lipinski definition) is 0. The second-order valence-electron chi connectivity index (χ2n) is 5.73. The van der Waals surface area contributed by atoms with Gasteiger partial charge in [-0.3, -0.25) is 4.79 Å². The molecular weight excluding hydrogens is 284 g/mol. The minimum absolute atomic E-state index is 0.597. The molecule has 0 fully saturated rings. The Labute approximate surface area is 138 Å². The lowest BCUT2D eigenvalue weighted by atomic mass is 10.0. The number of rotatable bonds is 6. The molecule has 2 nitrogen and oxygen atoms in total. The Morgan fingerprint density at radius 3 is 2.09 bits per heavy atom. The Morgan fingerprint density at radius 1 is 0.913 bits per heavy atom. The predicted molar refractivity (Wildman–Crippen MR) is 96.7 cm³/mol. The minimum atomic E-state index is 0.597. The van der Waals surface area contributed by atoms with Gasteiger partial charge in [-0.05, 0) is 55.7 Å². The van der Waals surface area contributed by atoms with Crippen molar-refractivity contribution in [1.29, 1.82) is 0 Å². The summed E-state index contributed by atoms with van der Waals surface area (Å²) in [4.78, 5) is 10.7. The molecule has 2 aromatic carbocycles. The Hall–Kier alpha value is -2.61. The summed E-state index contributed by atoms with van der Waals surface area (Å²) in [7, 11) is 0. The van der Waals surface area contributed by atoms with Crippen molar-refractivity contribution in [3.8, 4) is 5.75 Å². The van der Waals surface area contributed by atoms with Crippen molar-refractivity contribution >= 4 is 17.9 Å². The Morgan fingerprint density at radius 2 is 1.52 bits per heavy atom. The van der Waals surface area contributed by atoms with Crippen LogP contribution < -0.4 is 4.74 Å².